The van der Waals surface area contributed by atoms with E-state index in [-0.39, 0.29) is 5.91 Å². The lowest BCUT2D eigenvalue weighted by atomic mass is 10.0. The molecule has 7 heteroatoms. The van der Waals surface area contributed by atoms with Gasteiger partial charge in [-0.15, -0.1) is 0 Å². The van der Waals surface area contributed by atoms with Gasteiger partial charge in [-0.3, -0.25) is 4.79 Å². The minimum Gasteiger partial charge on any atom is -0.347 e. The Balaban J connectivity index is 1.41. The van der Waals surface area contributed by atoms with Gasteiger partial charge in [0, 0.05) is 31.6 Å². The van der Waals surface area contributed by atoms with Crippen molar-refractivity contribution in [3.05, 3.63) is 46.9 Å². The smallest absolute Gasteiger partial charge is 0.274 e. The standard InChI is InChI=1S/C21H26N4O3/c1-14-10-15(2)19(16(3)11-14)24-18-13-22-17(12-23-18)20(26)25-6-4-21(5-7-25)27-8-9-28-21/h10-13H,4-9H2,1-3H3,(H,23,24). The molecule has 1 spiro atoms. The molecule has 0 saturated carbocycles. The van der Waals surface area contributed by atoms with Crippen LogP contribution in [0.1, 0.15) is 40.0 Å². The van der Waals surface area contributed by atoms with Crippen molar-refractivity contribution in [1.29, 1.82) is 0 Å². The number of carbonyl (C=O) groups excluding carboxylic acids is 1. The number of rotatable bonds is 3. The molecule has 148 valence electrons. The second-order valence-corrected chi connectivity index (χ2v) is 7.59. The Bertz CT molecular complexity index is 843. The number of nitrogens with one attached hydrogen (secondary N) is 1. The van der Waals surface area contributed by atoms with Gasteiger partial charge in [0.25, 0.3) is 5.91 Å². The van der Waals surface area contributed by atoms with Crippen LogP contribution in [0.15, 0.2) is 24.5 Å². The predicted molar refractivity (Wildman–Crippen MR) is 106 cm³/mol. The number of carbonyl (C=O) groups is 1. The first-order valence-corrected chi connectivity index (χ1v) is 9.70. The first-order valence-electron chi connectivity index (χ1n) is 9.70. The van der Waals surface area contributed by atoms with E-state index in [9.17, 15) is 4.79 Å². The summed E-state index contributed by atoms with van der Waals surface area (Å²) in [6, 6.07) is 4.25. The highest BCUT2D eigenvalue weighted by atomic mass is 16.7. The van der Waals surface area contributed by atoms with Gasteiger partial charge in [-0.05, 0) is 31.9 Å². The van der Waals surface area contributed by atoms with Gasteiger partial charge in [0.1, 0.15) is 11.5 Å². The number of piperidine rings is 1. The van der Waals surface area contributed by atoms with Crippen molar-refractivity contribution in [2.45, 2.75) is 39.4 Å². The Hall–Kier alpha value is -2.51. The highest BCUT2D eigenvalue weighted by Crippen LogP contribution is 2.31. The molecule has 1 aromatic heterocycles. The van der Waals surface area contributed by atoms with Crippen LogP contribution in [0.2, 0.25) is 0 Å². The van der Waals surface area contributed by atoms with E-state index >= 15 is 0 Å². The van der Waals surface area contributed by atoms with E-state index in [0.717, 1.165) is 16.8 Å². The molecule has 7 nitrogen and oxygen atoms in total. The number of aromatic nitrogens is 2. The summed E-state index contributed by atoms with van der Waals surface area (Å²) < 4.78 is 11.4. The van der Waals surface area contributed by atoms with Crippen LogP contribution in [0.25, 0.3) is 0 Å². The molecular formula is C21H26N4O3. The van der Waals surface area contributed by atoms with Crippen molar-refractivity contribution in [3.8, 4) is 0 Å². The lowest BCUT2D eigenvalue weighted by Crippen LogP contribution is -2.47. The number of ether oxygens (including phenoxy) is 2. The van der Waals surface area contributed by atoms with Gasteiger partial charge >= 0.3 is 0 Å². The number of hydrogen-bond donors (Lipinski definition) is 1. The van der Waals surface area contributed by atoms with Crippen LogP contribution < -0.4 is 5.32 Å². The molecule has 28 heavy (non-hydrogen) atoms. The van der Waals surface area contributed by atoms with Gasteiger partial charge in [-0.25, -0.2) is 9.97 Å². The summed E-state index contributed by atoms with van der Waals surface area (Å²) in [7, 11) is 0. The van der Waals surface area contributed by atoms with Gasteiger partial charge in [0.05, 0.1) is 25.6 Å². The molecule has 1 aromatic carbocycles. The zero-order valence-corrected chi connectivity index (χ0v) is 16.6. The zero-order valence-electron chi connectivity index (χ0n) is 16.6. The van der Waals surface area contributed by atoms with Crippen molar-refractivity contribution >= 4 is 17.4 Å². The minimum absolute atomic E-state index is 0.102. The van der Waals surface area contributed by atoms with Gasteiger partial charge < -0.3 is 19.7 Å². The molecule has 2 fully saturated rings. The second kappa shape index (κ2) is 7.48. The number of hydrogen-bond acceptors (Lipinski definition) is 6. The predicted octanol–water partition coefficient (Wildman–Crippen LogP) is 3.12. The molecule has 1 amide bonds. The van der Waals surface area contributed by atoms with E-state index < -0.39 is 5.79 Å². The summed E-state index contributed by atoms with van der Waals surface area (Å²) in [5.41, 5.74) is 4.91. The van der Waals surface area contributed by atoms with Crippen molar-refractivity contribution in [2.75, 3.05) is 31.6 Å². The maximum atomic E-state index is 12.7. The first-order chi connectivity index (χ1) is 13.5. The summed E-state index contributed by atoms with van der Waals surface area (Å²) in [4.78, 5) is 23.3. The number of aryl methyl sites for hydroxylation is 3. The van der Waals surface area contributed by atoms with Gasteiger partial charge in [-0.1, -0.05) is 17.7 Å². The van der Waals surface area contributed by atoms with Crippen LogP contribution in [0.5, 0.6) is 0 Å². The summed E-state index contributed by atoms with van der Waals surface area (Å²) in [6.07, 6.45) is 4.53. The molecule has 0 atom stereocenters. The third kappa shape index (κ3) is 3.72. The third-order valence-corrected chi connectivity index (χ3v) is 5.43. The summed E-state index contributed by atoms with van der Waals surface area (Å²) in [6.45, 7) is 8.67. The molecule has 0 aliphatic carbocycles. The Morgan fingerprint density at radius 2 is 1.68 bits per heavy atom. The zero-order chi connectivity index (χ0) is 19.7. The second-order valence-electron chi connectivity index (χ2n) is 7.59. The fourth-order valence-corrected chi connectivity index (χ4v) is 4.01. The highest BCUT2D eigenvalue weighted by molar-refractivity contribution is 5.92. The Morgan fingerprint density at radius 1 is 1.04 bits per heavy atom. The average Bonchev–Trinajstić information content (AvgIpc) is 3.13. The summed E-state index contributed by atoms with van der Waals surface area (Å²) >= 11 is 0. The molecule has 0 unspecified atom stereocenters. The maximum Gasteiger partial charge on any atom is 0.274 e. The van der Waals surface area contributed by atoms with Crippen LogP contribution >= 0.6 is 0 Å². The van der Waals surface area contributed by atoms with Crippen LogP contribution in [-0.2, 0) is 9.47 Å². The molecule has 4 rings (SSSR count). The van der Waals surface area contributed by atoms with Crippen LogP contribution in [0.3, 0.4) is 0 Å². The van der Waals surface area contributed by atoms with Gasteiger partial charge in [0.15, 0.2) is 5.79 Å². The van der Waals surface area contributed by atoms with Crippen molar-refractivity contribution in [3.63, 3.8) is 0 Å². The maximum absolute atomic E-state index is 12.7. The summed E-state index contributed by atoms with van der Waals surface area (Å²) in [5.74, 6) is 0.0338. The largest absolute Gasteiger partial charge is 0.347 e. The van der Waals surface area contributed by atoms with Crippen LogP contribution in [0.4, 0.5) is 11.5 Å². The molecule has 2 aliphatic heterocycles. The van der Waals surface area contributed by atoms with Crippen LogP contribution in [-0.4, -0.2) is 52.9 Å². The highest BCUT2D eigenvalue weighted by Gasteiger charge is 2.41. The monoisotopic (exact) mass is 382 g/mol. The van der Waals surface area contributed by atoms with E-state index in [1.54, 1.807) is 11.1 Å². The topological polar surface area (TPSA) is 76.6 Å². The number of likely N-dealkylation sites (tertiary alicyclic amines) is 1. The molecule has 2 aromatic rings. The molecule has 3 heterocycles. The van der Waals surface area contributed by atoms with Crippen molar-refractivity contribution in [2.24, 2.45) is 0 Å². The van der Waals surface area contributed by atoms with E-state index in [0.29, 0.717) is 50.7 Å². The minimum atomic E-state index is -0.486. The number of benzene rings is 1. The van der Waals surface area contributed by atoms with Gasteiger partial charge in [0.2, 0.25) is 0 Å². The van der Waals surface area contributed by atoms with Crippen molar-refractivity contribution in [1.82, 2.24) is 14.9 Å². The fraction of sp³-hybridized carbons (Fsp3) is 0.476. The number of anilines is 2. The van der Waals surface area contributed by atoms with E-state index in [4.69, 9.17) is 9.47 Å². The Kier molecular flexibility index (Phi) is 5.03. The Morgan fingerprint density at radius 3 is 2.25 bits per heavy atom. The fourth-order valence-electron chi connectivity index (χ4n) is 4.01. The summed E-state index contributed by atoms with van der Waals surface area (Å²) in [5, 5.41) is 3.31. The molecule has 2 aliphatic rings. The number of amides is 1. The van der Waals surface area contributed by atoms with Crippen molar-refractivity contribution < 1.29 is 14.3 Å². The van der Waals surface area contributed by atoms with Crippen LogP contribution in [0, 0.1) is 20.8 Å². The van der Waals surface area contributed by atoms with Gasteiger partial charge in [-0.2, -0.15) is 0 Å². The lowest BCUT2D eigenvalue weighted by Gasteiger charge is -2.37. The third-order valence-electron chi connectivity index (χ3n) is 5.43. The van der Waals surface area contributed by atoms with E-state index in [1.807, 2.05) is 0 Å². The molecule has 2 saturated heterocycles. The molecule has 0 radical (unpaired) electrons. The number of nitrogens with zero attached hydrogens (tertiary/aromatic N) is 3. The Labute approximate surface area is 165 Å². The quantitative estimate of drug-likeness (QED) is 0.879. The molecule has 1 N–H and O–H groups in total. The molecular weight excluding hydrogens is 356 g/mol. The van der Waals surface area contributed by atoms with E-state index in [1.165, 1.54) is 11.8 Å². The first kappa shape index (κ1) is 18.8. The molecule has 0 bridgehead atoms. The average molecular weight is 382 g/mol. The SMILES string of the molecule is Cc1cc(C)c(Nc2cnc(C(=O)N3CCC4(CC3)OCCO4)cn2)c(C)c1. The van der Waals surface area contributed by atoms with E-state index in [2.05, 4.69) is 48.2 Å². The normalized spacial score (nSPS) is 18.5. The lowest BCUT2D eigenvalue weighted by molar-refractivity contribution is -0.181.